The average molecular weight is 393 g/mol. The van der Waals surface area contributed by atoms with Crippen molar-refractivity contribution in [2.24, 2.45) is 7.05 Å². The molecule has 0 aromatic carbocycles. The summed E-state index contributed by atoms with van der Waals surface area (Å²) in [6.45, 7) is -0.0864. The van der Waals surface area contributed by atoms with Crippen molar-refractivity contribution in [1.82, 2.24) is 24.5 Å². The third kappa shape index (κ3) is 3.64. The fourth-order valence-electron chi connectivity index (χ4n) is 2.27. The van der Waals surface area contributed by atoms with Crippen LogP contribution in [0, 0.1) is 0 Å². The van der Waals surface area contributed by atoms with Crippen molar-refractivity contribution in [3.63, 3.8) is 0 Å². The third-order valence-corrected chi connectivity index (χ3v) is 5.94. The highest BCUT2D eigenvalue weighted by Gasteiger charge is 2.25. The minimum absolute atomic E-state index is 0.0200. The summed E-state index contributed by atoms with van der Waals surface area (Å²) in [6, 6.07) is 1.36. The van der Waals surface area contributed by atoms with Crippen molar-refractivity contribution in [3.05, 3.63) is 46.8 Å². The van der Waals surface area contributed by atoms with Crippen LogP contribution in [-0.2, 0) is 28.4 Å². The van der Waals surface area contributed by atoms with Gasteiger partial charge in [0.15, 0.2) is 0 Å². The first-order valence-electron chi connectivity index (χ1n) is 7.36. The minimum atomic E-state index is -3.92. The maximum atomic E-state index is 12.6. The Morgan fingerprint density at radius 3 is 2.81 bits per heavy atom. The molecule has 3 rings (SSSR count). The molecular weight excluding hydrogens is 378 g/mol. The molecule has 0 spiro atoms. The molecule has 0 aliphatic rings. The molecule has 0 saturated heterocycles. The molecular formula is C15H15N5O4S2. The van der Waals surface area contributed by atoms with Crippen LogP contribution >= 0.6 is 11.3 Å². The maximum absolute atomic E-state index is 12.6. The number of nitrogens with one attached hydrogen (secondary N) is 1. The lowest BCUT2D eigenvalue weighted by Gasteiger charge is -2.09. The van der Waals surface area contributed by atoms with E-state index in [1.165, 1.54) is 30.9 Å². The predicted molar refractivity (Wildman–Crippen MR) is 93.9 cm³/mol. The quantitative estimate of drug-likeness (QED) is 0.626. The van der Waals surface area contributed by atoms with Crippen LogP contribution in [-0.4, -0.2) is 41.2 Å². The van der Waals surface area contributed by atoms with E-state index >= 15 is 0 Å². The Kier molecular flexibility index (Phi) is 5.11. The molecule has 0 saturated carbocycles. The first-order chi connectivity index (χ1) is 12.4. The van der Waals surface area contributed by atoms with Gasteiger partial charge in [0.2, 0.25) is 10.0 Å². The molecule has 3 aromatic heterocycles. The van der Waals surface area contributed by atoms with Gasteiger partial charge in [-0.1, -0.05) is 0 Å². The Bertz CT molecular complexity index is 1040. The van der Waals surface area contributed by atoms with Crippen LogP contribution in [0.2, 0.25) is 0 Å². The molecule has 0 amide bonds. The molecule has 26 heavy (non-hydrogen) atoms. The molecule has 0 radical (unpaired) electrons. The molecule has 136 valence electrons. The SMILES string of the molecule is COC(=O)c1sccc1S(=O)(=O)NCc1nccnc1-c1cnn(C)c1. The number of carbonyl (C=O) groups is 1. The zero-order chi connectivity index (χ0) is 18.7. The first kappa shape index (κ1) is 18.2. The molecule has 3 aromatic rings. The molecule has 0 unspecified atom stereocenters. The predicted octanol–water partition coefficient (Wildman–Crippen LogP) is 1.20. The summed E-state index contributed by atoms with van der Waals surface area (Å²) >= 11 is 1.00. The number of methoxy groups -OCH3 is 1. The summed E-state index contributed by atoms with van der Waals surface area (Å²) in [4.78, 5) is 20.1. The van der Waals surface area contributed by atoms with Crippen molar-refractivity contribution in [2.75, 3.05) is 7.11 Å². The van der Waals surface area contributed by atoms with E-state index in [0.717, 1.165) is 16.9 Å². The number of rotatable bonds is 6. The zero-order valence-corrected chi connectivity index (χ0v) is 15.5. The van der Waals surface area contributed by atoms with E-state index in [0.29, 0.717) is 11.4 Å². The van der Waals surface area contributed by atoms with Gasteiger partial charge in [-0.3, -0.25) is 14.6 Å². The van der Waals surface area contributed by atoms with Gasteiger partial charge in [-0.25, -0.2) is 17.9 Å². The average Bonchev–Trinajstić information content (AvgIpc) is 3.29. The van der Waals surface area contributed by atoms with Crippen molar-refractivity contribution < 1.29 is 17.9 Å². The Morgan fingerprint density at radius 1 is 1.35 bits per heavy atom. The van der Waals surface area contributed by atoms with Crippen LogP contribution in [0.5, 0.6) is 0 Å². The highest BCUT2D eigenvalue weighted by Crippen LogP contribution is 2.24. The third-order valence-electron chi connectivity index (χ3n) is 3.47. The summed E-state index contributed by atoms with van der Waals surface area (Å²) in [5.74, 6) is -0.698. The lowest BCUT2D eigenvalue weighted by atomic mass is 10.2. The smallest absolute Gasteiger partial charge is 0.349 e. The molecule has 0 aliphatic carbocycles. The number of hydrogen-bond acceptors (Lipinski definition) is 8. The van der Waals surface area contributed by atoms with Gasteiger partial charge >= 0.3 is 5.97 Å². The number of sulfonamides is 1. The Labute approximate surface area is 153 Å². The number of carbonyl (C=O) groups excluding carboxylic acids is 1. The van der Waals surface area contributed by atoms with Gasteiger partial charge in [-0.2, -0.15) is 5.10 Å². The monoisotopic (exact) mass is 393 g/mol. The fraction of sp³-hybridized carbons (Fsp3) is 0.200. The Morgan fingerprint density at radius 2 is 2.12 bits per heavy atom. The molecule has 0 fully saturated rings. The van der Waals surface area contributed by atoms with Gasteiger partial charge in [0, 0.05) is 31.2 Å². The van der Waals surface area contributed by atoms with Gasteiger partial charge < -0.3 is 4.74 Å². The number of aromatic nitrogens is 4. The van der Waals surface area contributed by atoms with E-state index in [9.17, 15) is 13.2 Å². The van der Waals surface area contributed by atoms with Crippen molar-refractivity contribution in [3.8, 4) is 11.3 Å². The van der Waals surface area contributed by atoms with Crippen molar-refractivity contribution in [2.45, 2.75) is 11.4 Å². The highest BCUT2D eigenvalue weighted by molar-refractivity contribution is 7.89. The van der Waals surface area contributed by atoms with Gasteiger partial charge in [0.05, 0.1) is 31.2 Å². The topological polar surface area (TPSA) is 116 Å². The molecule has 0 aliphatic heterocycles. The normalized spacial score (nSPS) is 11.5. The molecule has 1 N–H and O–H groups in total. The largest absolute Gasteiger partial charge is 0.465 e. The molecule has 3 heterocycles. The van der Waals surface area contributed by atoms with Crippen LogP contribution in [0.1, 0.15) is 15.4 Å². The molecule has 0 bridgehead atoms. The number of ether oxygens (including phenoxy) is 1. The minimum Gasteiger partial charge on any atom is -0.465 e. The Hall–Kier alpha value is -2.63. The van der Waals surface area contributed by atoms with E-state index in [1.54, 1.807) is 24.1 Å². The summed E-state index contributed by atoms with van der Waals surface area (Å²) in [6.07, 6.45) is 6.38. The number of hydrogen-bond donors (Lipinski definition) is 1. The summed E-state index contributed by atoms with van der Waals surface area (Å²) in [7, 11) is -0.953. The maximum Gasteiger partial charge on any atom is 0.349 e. The second-order valence-corrected chi connectivity index (χ2v) is 7.84. The van der Waals surface area contributed by atoms with E-state index in [1.807, 2.05) is 0 Å². The van der Waals surface area contributed by atoms with Gasteiger partial charge in [0.1, 0.15) is 9.77 Å². The first-order valence-corrected chi connectivity index (χ1v) is 9.73. The lowest BCUT2D eigenvalue weighted by Crippen LogP contribution is -2.25. The molecule has 9 nitrogen and oxygen atoms in total. The van der Waals surface area contributed by atoms with Crippen LogP contribution in [0.4, 0.5) is 0 Å². The second kappa shape index (κ2) is 7.32. The highest BCUT2D eigenvalue weighted by atomic mass is 32.2. The van der Waals surface area contributed by atoms with Gasteiger partial charge in [-0.05, 0) is 11.4 Å². The van der Waals surface area contributed by atoms with Crippen LogP contribution in [0.15, 0.2) is 41.1 Å². The summed E-state index contributed by atoms with van der Waals surface area (Å²) in [5, 5.41) is 5.60. The van der Waals surface area contributed by atoms with Crippen LogP contribution < -0.4 is 4.72 Å². The number of aryl methyl sites for hydroxylation is 1. The Balaban J connectivity index is 1.86. The van der Waals surface area contributed by atoms with Crippen molar-refractivity contribution >= 4 is 27.3 Å². The summed E-state index contributed by atoms with van der Waals surface area (Å²) in [5.41, 5.74) is 1.70. The standard InChI is InChI=1S/C15H15N5O4S2/c1-20-9-10(7-18-20)13-11(16-4-5-17-13)8-19-26(22,23)12-3-6-25-14(12)15(21)24-2/h3-7,9,19H,8H2,1-2H3. The molecule has 0 atom stereocenters. The van der Waals surface area contributed by atoms with Gasteiger partial charge in [0.25, 0.3) is 0 Å². The van der Waals surface area contributed by atoms with E-state index in [-0.39, 0.29) is 16.3 Å². The van der Waals surface area contributed by atoms with Gasteiger partial charge in [-0.15, -0.1) is 11.3 Å². The van der Waals surface area contributed by atoms with Crippen molar-refractivity contribution in [1.29, 1.82) is 0 Å². The zero-order valence-electron chi connectivity index (χ0n) is 13.9. The number of thiophene rings is 1. The van der Waals surface area contributed by atoms with E-state index in [2.05, 4.69) is 24.5 Å². The van der Waals surface area contributed by atoms with Crippen LogP contribution in [0.3, 0.4) is 0 Å². The van der Waals surface area contributed by atoms with E-state index in [4.69, 9.17) is 0 Å². The second-order valence-electron chi connectivity index (χ2n) is 5.18. The number of esters is 1. The number of nitrogens with zero attached hydrogens (tertiary/aromatic N) is 4. The van der Waals surface area contributed by atoms with E-state index < -0.39 is 16.0 Å². The molecule has 11 heteroatoms. The van der Waals surface area contributed by atoms with Crippen LogP contribution in [0.25, 0.3) is 11.3 Å². The summed E-state index contributed by atoms with van der Waals surface area (Å²) < 4.78 is 33.9. The lowest BCUT2D eigenvalue weighted by molar-refractivity contribution is 0.0602. The fourth-order valence-corrected chi connectivity index (χ4v) is 4.59.